The molecule has 4 nitrogen and oxygen atoms in total. The number of rotatable bonds is 6. The third kappa shape index (κ3) is 3.62. The minimum absolute atomic E-state index is 0.0194. The molecule has 0 fully saturated rings. The lowest BCUT2D eigenvalue weighted by atomic mass is 9.99. The highest BCUT2D eigenvalue weighted by molar-refractivity contribution is 5.58. The highest BCUT2D eigenvalue weighted by atomic mass is 16.5. The standard InChI is InChI=1S/C14H25N3O/c1-9(2)12-6-13(17-8-11(16)7-15)10(3)5-14(12)18-4/h5-6,9,11,17H,7-8,15-16H2,1-4H3. The average Bonchev–Trinajstić information content (AvgIpc) is 2.35. The van der Waals surface area contributed by atoms with Crippen LogP contribution >= 0.6 is 0 Å². The van der Waals surface area contributed by atoms with Crippen molar-refractivity contribution in [3.05, 3.63) is 23.3 Å². The van der Waals surface area contributed by atoms with Gasteiger partial charge in [-0.1, -0.05) is 13.8 Å². The van der Waals surface area contributed by atoms with Crippen molar-refractivity contribution in [2.75, 3.05) is 25.5 Å². The Morgan fingerprint density at radius 2 is 2.00 bits per heavy atom. The van der Waals surface area contributed by atoms with E-state index in [2.05, 4.69) is 38.2 Å². The van der Waals surface area contributed by atoms with Crippen molar-refractivity contribution in [2.45, 2.75) is 32.7 Å². The van der Waals surface area contributed by atoms with Crippen molar-refractivity contribution < 1.29 is 4.74 Å². The average molecular weight is 251 g/mol. The first-order valence-electron chi connectivity index (χ1n) is 6.37. The van der Waals surface area contributed by atoms with Crippen LogP contribution in [0.5, 0.6) is 5.75 Å². The van der Waals surface area contributed by atoms with E-state index in [1.54, 1.807) is 7.11 Å². The van der Waals surface area contributed by atoms with Crippen LogP contribution in [0.2, 0.25) is 0 Å². The number of nitrogens with one attached hydrogen (secondary N) is 1. The van der Waals surface area contributed by atoms with Crippen molar-refractivity contribution >= 4 is 5.69 Å². The summed E-state index contributed by atoms with van der Waals surface area (Å²) >= 11 is 0. The molecule has 1 aromatic carbocycles. The molecule has 5 N–H and O–H groups in total. The summed E-state index contributed by atoms with van der Waals surface area (Å²) in [5, 5.41) is 3.35. The van der Waals surface area contributed by atoms with Crippen LogP contribution in [0.4, 0.5) is 5.69 Å². The minimum atomic E-state index is -0.0194. The Morgan fingerprint density at radius 3 is 2.50 bits per heavy atom. The third-order valence-corrected chi connectivity index (χ3v) is 3.06. The lowest BCUT2D eigenvalue weighted by Gasteiger charge is -2.18. The molecule has 0 saturated carbocycles. The van der Waals surface area contributed by atoms with Crippen molar-refractivity contribution in [1.29, 1.82) is 0 Å². The van der Waals surface area contributed by atoms with Gasteiger partial charge in [0.05, 0.1) is 7.11 Å². The normalized spacial score (nSPS) is 12.6. The van der Waals surface area contributed by atoms with Crippen molar-refractivity contribution in [3.8, 4) is 5.75 Å². The van der Waals surface area contributed by atoms with Crippen LogP contribution in [0.3, 0.4) is 0 Å². The summed E-state index contributed by atoms with van der Waals surface area (Å²) in [6, 6.07) is 4.18. The maximum absolute atomic E-state index is 5.81. The van der Waals surface area contributed by atoms with Crippen molar-refractivity contribution in [1.82, 2.24) is 0 Å². The molecule has 1 aromatic rings. The second-order valence-corrected chi connectivity index (χ2v) is 4.94. The fraction of sp³-hybridized carbons (Fsp3) is 0.571. The number of aryl methyl sites for hydroxylation is 1. The number of ether oxygens (including phenoxy) is 1. The molecule has 1 unspecified atom stereocenters. The van der Waals surface area contributed by atoms with Crippen LogP contribution < -0.4 is 21.5 Å². The molecule has 0 aromatic heterocycles. The van der Waals surface area contributed by atoms with E-state index < -0.39 is 0 Å². The summed E-state index contributed by atoms with van der Waals surface area (Å²) in [5.74, 6) is 1.36. The zero-order valence-corrected chi connectivity index (χ0v) is 11.8. The zero-order chi connectivity index (χ0) is 13.7. The molecule has 4 heteroatoms. The van der Waals surface area contributed by atoms with Gasteiger partial charge in [0, 0.05) is 24.8 Å². The summed E-state index contributed by atoms with van der Waals surface area (Å²) in [4.78, 5) is 0. The molecule has 0 aliphatic carbocycles. The first-order valence-corrected chi connectivity index (χ1v) is 6.37. The van der Waals surface area contributed by atoms with Crippen molar-refractivity contribution in [3.63, 3.8) is 0 Å². The third-order valence-electron chi connectivity index (χ3n) is 3.06. The maximum atomic E-state index is 5.81. The van der Waals surface area contributed by atoms with Crippen LogP contribution in [0, 0.1) is 6.92 Å². The van der Waals surface area contributed by atoms with Crippen LogP contribution in [-0.2, 0) is 0 Å². The first-order chi connectivity index (χ1) is 8.49. The Labute approximate surface area is 110 Å². The van der Waals surface area contributed by atoms with E-state index >= 15 is 0 Å². The van der Waals surface area contributed by atoms with E-state index in [1.807, 2.05) is 0 Å². The molecule has 0 aliphatic rings. The predicted molar refractivity (Wildman–Crippen MR) is 77.3 cm³/mol. The van der Waals surface area contributed by atoms with Gasteiger partial charge < -0.3 is 21.5 Å². The van der Waals surface area contributed by atoms with Gasteiger partial charge in [0.25, 0.3) is 0 Å². The van der Waals surface area contributed by atoms with Gasteiger partial charge in [0.2, 0.25) is 0 Å². The van der Waals surface area contributed by atoms with Gasteiger partial charge in [0.1, 0.15) is 5.75 Å². The lowest BCUT2D eigenvalue weighted by molar-refractivity contribution is 0.407. The molecule has 1 atom stereocenters. The van der Waals surface area contributed by atoms with E-state index in [4.69, 9.17) is 16.2 Å². The highest BCUT2D eigenvalue weighted by Crippen LogP contribution is 2.31. The smallest absolute Gasteiger partial charge is 0.122 e. The molecule has 18 heavy (non-hydrogen) atoms. The number of hydrogen-bond acceptors (Lipinski definition) is 4. The first kappa shape index (κ1) is 14.8. The highest BCUT2D eigenvalue weighted by Gasteiger charge is 2.11. The van der Waals surface area contributed by atoms with Crippen LogP contribution in [0.15, 0.2) is 12.1 Å². The van der Waals surface area contributed by atoms with E-state index in [1.165, 1.54) is 5.56 Å². The van der Waals surface area contributed by atoms with Crippen molar-refractivity contribution in [2.24, 2.45) is 11.5 Å². The van der Waals surface area contributed by atoms with Gasteiger partial charge in [-0.25, -0.2) is 0 Å². The fourth-order valence-corrected chi connectivity index (χ4v) is 1.84. The minimum Gasteiger partial charge on any atom is -0.496 e. The van der Waals surface area contributed by atoms with Gasteiger partial charge in [-0.2, -0.15) is 0 Å². The molecular weight excluding hydrogens is 226 g/mol. The van der Waals surface area contributed by atoms with Crippen LogP contribution in [0.1, 0.15) is 30.9 Å². The predicted octanol–water partition coefficient (Wildman–Crippen LogP) is 1.82. The summed E-state index contributed by atoms with van der Waals surface area (Å²) < 4.78 is 5.42. The number of methoxy groups -OCH3 is 1. The molecule has 0 radical (unpaired) electrons. The summed E-state index contributed by atoms with van der Waals surface area (Å²) in [5.41, 5.74) is 14.8. The quantitative estimate of drug-likeness (QED) is 0.721. The molecule has 0 spiro atoms. The molecule has 0 aliphatic heterocycles. The monoisotopic (exact) mass is 251 g/mol. The van der Waals surface area contributed by atoms with Gasteiger partial charge >= 0.3 is 0 Å². The largest absolute Gasteiger partial charge is 0.496 e. The Bertz CT molecular complexity index is 391. The van der Waals surface area contributed by atoms with E-state index in [0.717, 1.165) is 17.0 Å². The fourth-order valence-electron chi connectivity index (χ4n) is 1.84. The van der Waals surface area contributed by atoms with Gasteiger partial charge in [-0.15, -0.1) is 0 Å². The Hall–Kier alpha value is -1.26. The Morgan fingerprint density at radius 1 is 1.33 bits per heavy atom. The number of hydrogen-bond donors (Lipinski definition) is 3. The molecule has 0 amide bonds. The maximum Gasteiger partial charge on any atom is 0.122 e. The SMILES string of the molecule is COc1cc(C)c(NCC(N)CN)cc1C(C)C. The molecular formula is C14H25N3O. The van der Waals surface area contributed by atoms with Gasteiger partial charge in [-0.05, 0) is 36.1 Å². The number of nitrogens with two attached hydrogens (primary N) is 2. The molecule has 102 valence electrons. The number of benzene rings is 1. The topological polar surface area (TPSA) is 73.3 Å². The summed E-state index contributed by atoms with van der Waals surface area (Å²) in [6.45, 7) is 7.54. The molecule has 1 rings (SSSR count). The van der Waals surface area contributed by atoms with E-state index in [0.29, 0.717) is 19.0 Å². The second kappa shape index (κ2) is 6.61. The van der Waals surface area contributed by atoms with Crippen LogP contribution in [-0.4, -0.2) is 26.2 Å². The second-order valence-electron chi connectivity index (χ2n) is 4.94. The number of anilines is 1. The summed E-state index contributed by atoms with van der Waals surface area (Å²) in [7, 11) is 1.71. The van der Waals surface area contributed by atoms with Gasteiger partial charge in [-0.3, -0.25) is 0 Å². The van der Waals surface area contributed by atoms with Gasteiger partial charge in [0.15, 0.2) is 0 Å². The zero-order valence-electron chi connectivity index (χ0n) is 11.8. The molecule has 0 bridgehead atoms. The Kier molecular flexibility index (Phi) is 5.44. The van der Waals surface area contributed by atoms with E-state index in [9.17, 15) is 0 Å². The summed E-state index contributed by atoms with van der Waals surface area (Å²) in [6.07, 6.45) is 0. The molecule has 0 saturated heterocycles. The van der Waals surface area contributed by atoms with Crippen LogP contribution in [0.25, 0.3) is 0 Å². The van der Waals surface area contributed by atoms with E-state index in [-0.39, 0.29) is 6.04 Å². The Balaban J connectivity index is 2.95. The lowest BCUT2D eigenvalue weighted by Crippen LogP contribution is -2.36. The molecule has 0 heterocycles.